The molecule has 7 nitrogen and oxygen atoms in total. The maximum Gasteiger partial charge on any atom is 0.350 e. The van der Waals surface area contributed by atoms with Gasteiger partial charge in [-0.1, -0.05) is 0 Å². The van der Waals surface area contributed by atoms with Crippen LogP contribution in [0.3, 0.4) is 0 Å². The second kappa shape index (κ2) is 3.09. The van der Waals surface area contributed by atoms with Gasteiger partial charge < -0.3 is 5.32 Å². The monoisotopic (exact) mass is 196 g/mol. The Morgan fingerprint density at radius 3 is 2.57 bits per heavy atom. The molecule has 2 rings (SSSR count). The van der Waals surface area contributed by atoms with E-state index in [4.69, 9.17) is 0 Å². The minimum atomic E-state index is -0.704. The molecule has 1 unspecified atom stereocenters. The predicted molar refractivity (Wildman–Crippen MR) is 45.6 cm³/mol. The summed E-state index contributed by atoms with van der Waals surface area (Å²) in [6.07, 6.45) is 0.937. The fraction of sp³-hybridized carbons (Fsp3) is 0.429. The van der Waals surface area contributed by atoms with E-state index in [1.807, 2.05) is 4.98 Å². The molecule has 3 N–H and O–H groups in total. The average molecular weight is 196 g/mol. The highest BCUT2D eigenvalue weighted by molar-refractivity contribution is 5.78. The average Bonchev–Trinajstić information content (AvgIpc) is 2.50. The molecule has 1 aliphatic heterocycles. The highest BCUT2D eigenvalue weighted by Crippen LogP contribution is 2.18. The van der Waals surface area contributed by atoms with Crippen molar-refractivity contribution in [1.82, 2.24) is 20.3 Å². The molecule has 1 fully saturated rings. The van der Waals surface area contributed by atoms with Crippen LogP contribution in [-0.2, 0) is 4.79 Å². The summed E-state index contributed by atoms with van der Waals surface area (Å²) in [5.74, 6) is 0.113. The first-order valence-corrected chi connectivity index (χ1v) is 4.15. The van der Waals surface area contributed by atoms with Gasteiger partial charge in [0.2, 0.25) is 5.91 Å². The third kappa shape index (κ3) is 1.56. The quantitative estimate of drug-likeness (QED) is 0.503. The number of carbonyl (C=O) groups is 1. The van der Waals surface area contributed by atoms with Crippen LogP contribution in [0.15, 0.2) is 9.59 Å². The summed E-state index contributed by atoms with van der Waals surface area (Å²) in [6, 6.07) is -0.350. The minimum Gasteiger partial charge on any atom is -0.346 e. The summed E-state index contributed by atoms with van der Waals surface area (Å²) in [5.41, 5.74) is -1.31. The molecule has 0 bridgehead atoms. The summed E-state index contributed by atoms with van der Waals surface area (Å²) in [6.45, 7) is 0. The lowest BCUT2D eigenvalue weighted by Crippen LogP contribution is -2.31. The Labute approximate surface area is 77.6 Å². The van der Waals surface area contributed by atoms with E-state index < -0.39 is 11.4 Å². The van der Waals surface area contributed by atoms with E-state index in [-0.39, 0.29) is 17.8 Å². The second-order valence-electron chi connectivity index (χ2n) is 3.04. The van der Waals surface area contributed by atoms with Crippen molar-refractivity contribution in [3.8, 4) is 0 Å². The minimum absolute atomic E-state index is 0.0991. The van der Waals surface area contributed by atoms with Crippen molar-refractivity contribution in [3.05, 3.63) is 26.8 Å². The first kappa shape index (κ1) is 8.67. The number of nitrogens with one attached hydrogen (secondary N) is 3. The second-order valence-corrected chi connectivity index (χ2v) is 3.04. The number of carbonyl (C=O) groups excluding carboxylic acids is 1. The van der Waals surface area contributed by atoms with Crippen LogP contribution in [0.5, 0.6) is 0 Å². The third-order valence-electron chi connectivity index (χ3n) is 2.01. The van der Waals surface area contributed by atoms with Gasteiger partial charge in [0.1, 0.15) is 5.82 Å². The number of hydrogen-bond acceptors (Lipinski definition) is 4. The van der Waals surface area contributed by atoms with Gasteiger partial charge in [0, 0.05) is 6.42 Å². The van der Waals surface area contributed by atoms with Crippen LogP contribution in [0.25, 0.3) is 0 Å². The predicted octanol–water partition coefficient (Wildman–Crippen LogP) is -1.59. The number of nitrogens with zero attached hydrogens (tertiary/aromatic N) is 1. The molecule has 1 amide bonds. The normalized spacial score (nSPS) is 20.9. The molecule has 74 valence electrons. The number of rotatable bonds is 1. The van der Waals surface area contributed by atoms with Crippen molar-refractivity contribution in [1.29, 1.82) is 0 Å². The molecular formula is C7H8N4O3. The SMILES string of the molecule is O=C1CCC(c2nc(=O)[nH]c(=O)[nH]2)N1. The molecule has 14 heavy (non-hydrogen) atoms. The zero-order valence-electron chi connectivity index (χ0n) is 7.16. The van der Waals surface area contributed by atoms with Gasteiger partial charge in [-0.15, -0.1) is 0 Å². The summed E-state index contributed by atoms with van der Waals surface area (Å²) < 4.78 is 0. The van der Waals surface area contributed by atoms with Crippen molar-refractivity contribution >= 4 is 5.91 Å². The van der Waals surface area contributed by atoms with Gasteiger partial charge in [-0.3, -0.25) is 14.8 Å². The highest BCUT2D eigenvalue weighted by atomic mass is 16.2. The van der Waals surface area contributed by atoms with E-state index >= 15 is 0 Å². The van der Waals surface area contributed by atoms with Crippen LogP contribution < -0.4 is 16.7 Å². The smallest absolute Gasteiger partial charge is 0.346 e. The molecule has 1 aliphatic rings. The van der Waals surface area contributed by atoms with Gasteiger partial charge in [-0.05, 0) is 6.42 Å². The fourth-order valence-electron chi connectivity index (χ4n) is 1.39. The van der Waals surface area contributed by atoms with Crippen molar-refractivity contribution < 1.29 is 4.79 Å². The molecule has 2 heterocycles. The van der Waals surface area contributed by atoms with Crippen molar-refractivity contribution in [2.24, 2.45) is 0 Å². The molecule has 7 heteroatoms. The fourth-order valence-corrected chi connectivity index (χ4v) is 1.39. The van der Waals surface area contributed by atoms with Crippen LogP contribution in [0.4, 0.5) is 0 Å². The molecule has 0 saturated carbocycles. The Kier molecular flexibility index (Phi) is 1.91. The van der Waals surface area contributed by atoms with E-state index in [2.05, 4.69) is 15.3 Å². The Morgan fingerprint density at radius 2 is 2.00 bits per heavy atom. The molecule has 0 radical (unpaired) electrons. The van der Waals surface area contributed by atoms with Gasteiger partial charge in [0.15, 0.2) is 0 Å². The molecule has 1 aromatic rings. The zero-order valence-corrected chi connectivity index (χ0v) is 7.16. The van der Waals surface area contributed by atoms with Gasteiger partial charge >= 0.3 is 11.4 Å². The van der Waals surface area contributed by atoms with E-state index in [0.29, 0.717) is 12.8 Å². The Bertz CT molecular complexity index is 446. The Balaban J connectivity index is 2.37. The van der Waals surface area contributed by atoms with Gasteiger partial charge in [0.25, 0.3) is 0 Å². The van der Waals surface area contributed by atoms with Crippen LogP contribution in [-0.4, -0.2) is 20.9 Å². The van der Waals surface area contributed by atoms with E-state index in [0.717, 1.165) is 0 Å². The van der Waals surface area contributed by atoms with Crippen molar-refractivity contribution in [2.45, 2.75) is 18.9 Å². The van der Waals surface area contributed by atoms with Gasteiger partial charge in [0.05, 0.1) is 6.04 Å². The number of H-pyrrole nitrogens is 2. The first-order chi connectivity index (χ1) is 6.65. The summed E-state index contributed by atoms with van der Waals surface area (Å²) in [4.78, 5) is 40.5. The first-order valence-electron chi connectivity index (χ1n) is 4.15. The summed E-state index contributed by atoms with van der Waals surface area (Å²) in [5, 5.41) is 2.60. The summed E-state index contributed by atoms with van der Waals surface area (Å²) in [7, 11) is 0. The molecular weight excluding hydrogens is 188 g/mol. The molecule has 1 aromatic heterocycles. The number of aromatic amines is 2. The number of amides is 1. The lowest BCUT2D eigenvalue weighted by atomic mass is 10.2. The molecule has 1 atom stereocenters. The van der Waals surface area contributed by atoms with Crippen molar-refractivity contribution in [2.75, 3.05) is 0 Å². The topological polar surface area (TPSA) is 108 Å². The van der Waals surface area contributed by atoms with Gasteiger partial charge in [-0.25, -0.2) is 9.59 Å². The van der Waals surface area contributed by atoms with E-state index in [1.54, 1.807) is 0 Å². The largest absolute Gasteiger partial charge is 0.350 e. The van der Waals surface area contributed by atoms with Crippen LogP contribution in [0.2, 0.25) is 0 Å². The molecule has 0 aromatic carbocycles. The third-order valence-corrected chi connectivity index (χ3v) is 2.01. The molecule has 0 aliphatic carbocycles. The van der Waals surface area contributed by atoms with Crippen LogP contribution in [0, 0.1) is 0 Å². The number of aromatic nitrogens is 3. The van der Waals surface area contributed by atoms with Gasteiger partial charge in [-0.2, -0.15) is 4.98 Å². The lowest BCUT2D eigenvalue weighted by molar-refractivity contribution is -0.119. The molecule has 0 spiro atoms. The lowest BCUT2D eigenvalue weighted by Gasteiger charge is -2.06. The maximum absolute atomic E-state index is 10.9. The van der Waals surface area contributed by atoms with E-state index in [1.165, 1.54) is 0 Å². The Hall–Kier alpha value is -1.92. The standard InChI is InChI=1S/C7H8N4O3/c12-4-2-1-3(8-4)5-9-6(13)11-7(14)10-5/h3H,1-2H2,(H,8,12)(H2,9,10,11,13,14). The maximum atomic E-state index is 10.9. The number of hydrogen-bond donors (Lipinski definition) is 3. The highest BCUT2D eigenvalue weighted by Gasteiger charge is 2.24. The zero-order chi connectivity index (χ0) is 10.1. The molecule has 1 saturated heterocycles. The van der Waals surface area contributed by atoms with Crippen LogP contribution >= 0.6 is 0 Å². The summed E-state index contributed by atoms with van der Waals surface area (Å²) >= 11 is 0. The van der Waals surface area contributed by atoms with Crippen molar-refractivity contribution in [3.63, 3.8) is 0 Å². The van der Waals surface area contributed by atoms with E-state index in [9.17, 15) is 14.4 Å². The Morgan fingerprint density at radius 1 is 1.21 bits per heavy atom. The van der Waals surface area contributed by atoms with Crippen LogP contribution in [0.1, 0.15) is 24.7 Å².